The molecule has 1 amide bonds. The molecule has 0 aliphatic rings. The molecule has 4 rings (SSSR count). The maximum absolute atomic E-state index is 13.0. The predicted molar refractivity (Wildman–Crippen MR) is 124 cm³/mol. The Bertz CT molecular complexity index is 1370. The number of pyridine rings is 1. The van der Waals surface area contributed by atoms with E-state index in [1.807, 2.05) is 6.07 Å². The molecular weight excluding hydrogens is 456 g/mol. The number of rotatable bonds is 9. The van der Waals surface area contributed by atoms with Crippen molar-refractivity contribution in [3.63, 3.8) is 0 Å². The lowest BCUT2D eigenvalue weighted by molar-refractivity contribution is 0.0981. The van der Waals surface area contributed by atoms with E-state index in [2.05, 4.69) is 14.8 Å². The van der Waals surface area contributed by atoms with Crippen LogP contribution in [0.5, 0.6) is 11.5 Å². The number of amides is 1. The maximum atomic E-state index is 13.0. The number of sulfonamides is 1. The first-order valence-corrected chi connectivity index (χ1v) is 11.8. The fourth-order valence-corrected chi connectivity index (χ4v) is 4.37. The van der Waals surface area contributed by atoms with Gasteiger partial charge in [-0.15, -0.1) is 0 Å². The second-order valence-corrected chi connectivity index (χ2v) is 8.87. The lowest BCUT2D eigenvalue weighted by atomic mass is 10.1. The third-order valence-corrected chi connectivity index (χ3v) is 6.28. The number of carbonyl (C=O) groups is 1. The van der Waals surface area contributed by atoms with Gasteiger partial charge in [0.2, 0.25) is 0 Å². The molecule has 2 aromatic carbocycles. The first-order chi connectivity index (χ1) is 16.5. The van der Waals surface area contributed by atoms with Crippen LogP contribution in [-0.2, 0) is 23.2 Å². The van der Waals surface area contributed by atoms with Crippen LogP contribution in [0.4, 0.5) is 0 Å². The summed E-state index contributed by atoms with van der Waals surface area (Å²) in [5.41, 5.74) is 1.57. The zero-order valence-corrected chi connectivity index (χ0v) is 19.1. The van der Waals surface area contributed by atoms with E-state index in [0.29, 0.717) is 18.0 Å². The van der Waals surface area contributed by atoms with Gasteiger partial charge < -0.3 is 9.47 Å². The van der Waals surface area contributed by atoms with Crippen LogP contribution in [0.1, 0.15) is 21.6 Å². The maximum Gasteiger partial charge on any atom is 0.268 e. The monoisotopic (exact) mass is 478 g/mol. The molecule has 0 bridgehead atoms. The summed E-state index contributed by atoms with van der Waals surface area (Å²) in [6.45, 7) is 0.521. The van der Waals surface area contributed by atoms with Gasteiger partial charge in [-0.1, -0.05) is 24.3 Å². The van der Waals surface area contributed by atoms with Gasteiger partial charge in [-0.25, -0.2) is 13.1 Å². The van der Waals surface area contributed by atoms with Crippen molar-refractivity contribution in [1.82, 2.24) is 19.5 Å². The lowest BCUT2D eigenvalue weighted by Crippen LogP contribution is -2.31. The highest BCUT2D eigenvalue weighted by molar-refractivity contribution is 7.90. The minimum Gasteiger partial charge on any atom is -0.496 e. The number of benzene rings is 2. The van der Waals surface area contributed by atoms with Gasteiger partial charge >= 0.3 is 0 Å². The van der Waals surface area contributed by atoms with Gasteiger partial charge in [0.1, 0.15) is 23.0 Å². The van der Waals surface area contributed by atoms with E-state index in [1.54, 1.807) is 59.7 Å². The molecule has 1 N–H and O–H groups in total. The van der Waals surface area contributed by atoms with Crippen LogP contribution in [-0.4, -0.2) is 36.2 Å². The van der Waals surface area contributed by atoms with Crippen LogP contribution in [0.2, 0.25) is 0 Å². The molecule has 4 aromatic rings. The van der Waals surface area contributed by atoms with Crippen molar-refractivity contribution in [2.75, 3.05) is 7.11 Å². The summed E-state index contributed by atoms with van der Waals surface area (Å²) in [6, 6.07) is 18.0. The van der Waals surface area contributed by atoms with E-state index in [0.717, 1.165) is 5.56 Å². The summed E-state index contributed by atoms with van der Waals surface area (Å²) in [4.78, 5) is 16.8. The molecule has 10 heteroatoms. The summed E-state index contributed by atoms with van der Waals surface area (Å²) >= 11 is 0. The minimum absolute atomic E-state index is 0.0796. The molecule has 0 unspecified atom stereocenters. The fraction of sp³-hybridized carbons (Fsp3) is 0.125. The van der Waals surface area contributed by atoms with Crippen molar-refractivity contribution in [3.05, 3.63) is 102 Å². The summed E-state index contributed by atoms with van der Waals surface area (Å²) < 4.78 is 40.9. The molecule has 2 aromatic heterocycles. The zero-order chi connectivity index (χ0) is 24.0. The summed E-state index contributed by atoms with van der Waals surface area (Å²) in [7, 11) is -2.73. The zero-order valence-electron chi connectivity index (χ0n) is 18.3. The summed E-state index contributed by atoms with van der Waals surface area (Å²) in [6.07, 6.45) is 5.09. The van der Waals surface area contributed by atoms with Crippen molar-refractivity contribution in [1.29, 1.82) is 0 Å². The van der Waals surface area contributed by atoms with Crippen molar-refractivity contribution in [3.8, 4) is 11.5 Å². The Morgan fingerprint density at radius 3 is 2.56 bits per heavy atom. The highest BCUT2D eigenvalue weighted by Gasteiger charge is 2.23. The quantitative estimate of drug-likeness (QED) is 0.393. The number of nitrogens with zero attached hydrogens (tertiary/aromatic N) is 3. The number of carbonyl (C=O) groups excluding carboxylic acids is 1. The summed E-state index contributed by atoms with van der Waals surface area (Å²) in [5, 5.41) is 4.16. The second kappa shape index (κ2) is 10.2. The average molecular weight is 479 g/mol. The van der Waals surface area contributed by atoms with Gasteiger partial charge in [0.05, 0.1) is 19.3 Å². The smallest absolute Gasteiger partial charge is 0.268 e. The van der Waals surface area contributed by atoms with Crippen LogP contribution in [0, 0.1) is 0 Å². The van der Waals surface area contributed by atoms with Crippen LogP contribution >= 0.6 is 0 Å². The molecule has 0 aliphatic heterocycles. The molecule has 0 spiro atoms. The van der Waals surface area contributed by atoms with E-state index < -0.39 is 15.9 Å². The van der Waals surface area contributed by atoms with Crippen molar-refractivity contribution < 1.29 is 22.7 Å². The number of hydrogen-bond acceptors (Lipinski definition) is 7. The normalized spacial score (nSPS) is 11.1. The molecule has 0 aliphatic carbocycles. The molecule has 9 nitrogen and oxygen atoms in total. The molecular formula is C24H22N4O5S. The van der Waals surface area contributed by atoms with Gasteiger partial charge in [0.25, 0.3) is 15.9 Å². The van der Waals surface area contributed by atoms with E-state index >= 15 is 0 Å². The first kappa shape index (κ1) is 23.0. The van der Waals surface area contributed by atoms with Crippen molar-refractivity contribution >= 4 is 15.9 Å². The molecule has 34 heavy (non-hydrogen) atoms. The SMILES string of the molecule is COc1cc(C(=O)NS(=O)(=O)c2ccccc2OCc2ccccn2)ccc1Cn1cccn1. The van der Waals surface area contributed by atoms with Gasteiger partial charge in [0, 0.05) is 29.7 Å². The van der Waals surface area contributed by atoms with Crippen LogP contribution < -0.4 is 14.2 Å². The molecule has 0 fully saturated rings. The third kappa shape index (κ3) is 5.41. The Morgan fingerprint density at radius 1 is 1.00 bits per heavy atom. The molecule has 0 atom stereocenters. The molecule has 0 saturated heterocycles. The first-order valence-electron chi connectivity index (χ1n) is 10.3. The second-order valence-electron chi connectivity index (χ2n) is 7.22. The van der Waals surface area contributed by atoms with Crippen LogP contribution in [0.15, 0.2) is 90.2 Å². The topological polar surface area (TPSA) is 112 Å². The minimum atomic E-state index is -4.21. The Morgan fingerprint density at radius 2 is 1.82 bits per heavy atom. The molecule has 174 valence electrons. The van der Waals surface area contributed by atoms with E-state index in [-0.39, 0.29) is 22.8 Å². The van der Waals surface area contributed by atoms with Crippen molar-refractivity contribution in [2.24, 2.45) is 0 Å². The van der Waals surface area contributed by atoms with E-state index in [4.69, 9.17) is 9.47 Å². The van der Waals surface area contributed by atoms with Gasteiger partial charge in [-0.05, 0) is 42.5 Å². The fourth-order valence-electron chi connectivity index (χ4n) is 3.25. The number of para-hydroxylation sites is 1. The number of aromatic nitrogens is 3. The van der Waals surface area contributed by atoms with E-state index in [9.17, 15) is 13.2 Å². The Labute approximate surface area is 197 Å². The largest absolute Gasteiger partial charge is 0.496 e. The molecule has 0 saturated carbocycles. The molecule has 0 radical (unpaired) electrons. The number of methoxy groups -OCH3 is 1. The van der Waals surface area contributed by atoms with Gasteiger partial charge in [-0.2, -0.15) is 5.10 Å². The van der Waals surface area contributed by atoms with Crippen molar-refractivity contribution in [2.45, 2.75) is 18.0 Å². The highest BCUT2D eigenvalue weighted by Crippen LogP contribution is 2.25. The van der Waals surface area contributed by atoms with E-state index in [1.165, 1.54) is 31.4 Å². The lowest BCUT2D eigenvalue weighted by Gasteiger charge is -2.14. The third-order valence-electron chi connectivity index (χ3n) is 4.91. The average Bonchev–Trinajstić information content (AvgIpc) is 3.36. The summed E-state index contributed by atoms with van der Waals surface area (Å²) in [5.74, 6) is -0.233. The predicted octanol–water partition coefficient (Wildman–Crippen LogP) is 3.03. The Hall–Kier alpha value is -4.18. The van der Waals surface area contributed by atoms with Crippen LogP contribution in [0.3, 0.4) is 0 Å². The van der Waals surface area contributed by atoms with Gasteiger partial charge in [-0.3, -0.25) is 14.5 Å². The number of nitrogens with one attached hydrogen (secondary N) is 1. The Kier molecular flexibility index (Phi) is 6.88. The standard InChI is InChI=1S/C24H22N4O5S/c1-32-22-15-18(10-11-19(22)16-28-14-6-13-26-28)24(29)27-34(30,31)23-9-3-2-8-21(23)33-17-20-7-4-5-12-25-20/h2-15H,16-17H2,1H3,(H,27,29). The van der Waals surface area contributed by atoms with Gasteiger partial charge in [0.15, 0.2) is 0 Å². The number of ether oxygens (including phenoxy) is 2. The van der Waals surface area contributed by atoms with Crippen LogP contribution in [0.25, 0.3) is 0 Å². The Balaban J connectivity index is 1.51. The number of hydrogen-bond donors (Lipinski definition) is 1. The highest BCUT2D eigenvalue weighted by atomic mass is 32.2. The molecule has 2 heterocycles.